The van der Waals surface area contributed by atoms with E-state index < -0.39 is 0 Å². The van der Waals surface area contributed by atoms with Gasteiger partial charge < -0.3 is 10.5 Å². The Labute approximate surface area is 87.2 Å². The van der Waals surface area contributed by atoms with E-state index in [-0.39, 0.29) is 12.4 Å². The summed E-state index contributed by atoms with van der Waals surface area (Å²) in [5.41, 5.74) is 6.95. The van der Waals surface area contributed by atoms with Crippen LogP contribution in [0, 0.1) is 18.2 Å². The second kappa shape index (κ2) is 4.89. The van der Waals surface area contributed by atoms with Crippen molar-refractivity contribution < 1.29 is 4.39 Å². The number of rotatable bonds is 3. The Morgan fingerprint density at radius 3 is 2.86 bits per heavy atom. The number of benzene rings is 1. The van der Waals surface area contributed by atoms with E-state index in [2.05, 4.69) is 10.6 Å². The van der Waals surface area contributed by atoms with Gasteiger partial charge in [0.1, 0.15) is 5.82 Å². The van der Waals surface area contributed by atoms with Crippen LogP contribution in [0.3, 0.4) is 0 Å². The fourth-order valence-corrected chi connectivity index (χ4v) is 1.51. The standard InChI is InChI=1S/C10H11FN2S/c1-3-8-4-7(6-12)5-9(11)10(8)13-14-2/h1,4-5,13H,6,12H2,2H3. The van der Waals surface area contributed by atoms with Gasteiger partial charge in [0.25, 0.3) is 0 Å². The lowest BCUT2D eigenvalue weighted by atomic mass is 10.1. The van der Waals surface area contributed by atoms with Crippen LogP contribution in [0.5, 0.6) is 0 Å². The lowest BCUT2D eigenvalue weighted by Crippen LogP contribution is -2.01. The summed E-state index contributed by atoms with van der Waals surface area (Å²) in [6.07, 6.45) is 7.07. The largest absolute Gasteiger partial charge is 0.326 e. The third-order valence-corrected chi connectivity index (χ3v) is 2.15. The number of hydrogen-bond acceptors (Lipinski definition) is 3. The first-order chi connectivity index (χ1) is 6.72. The van der Waals surface area contributed by atoms with E-state index in [1.54, 1.807) is 12.3 Å². The molecule has 0 heterocycles. The van der Waals surface area contributed by atoms with E-state index in [9.17, 15) is 4.39 Å². The molecule has 0 atom stereocenters. The summed E-state index contributed by atoms with van der Waals surface area (Å²) in [7, 11) is 0. The maximum atomic E-state index is 13.4. The highest BCUT2D eigenvalue weighted by atomic mass is 32.2. The number of halogens is 1. The van der Waals surface area contributed by atoms with Crippen LogP contribution in [0.15, 0.2) is 12.1 Å². The molecule has 1 aromatic carbocycles. The third-order valence-electron chi connectivity index (χ3n) is 1.75. The third kappa shape index (κ3) is 2.19. The van der Waals surface area contributed by atoms with Gasteiger partial charge in [-0.1, -0.05) is 17.9 Å². The molecular formula is C10H11FN2S. The molecule has 0 saturated carbocycles. The van der Waals surface area contributed by atoms with Crippen LogP contribution in [0.2, 0.25) is 0 Å². The van der Waals surface area contributed by atoms with Crippen LogP contribution in [0.25, 0.3) is 0 Å². The molecule has 0 saturated heterocycles. The zero-order valence-electron chi connectivity index (χ0n) is 7.80. The smallest absolute Gasteiger partial charge is 0.148 e. The average molecular weight is 210 g/mol. The van der Waals surface area contributed by atoms with Gasteiger partial charge in [0.15, 0.2) is 0 Å². The summed E-state index contributed by atoms with van der Waals surface area (Å²) in [4.78, 5) is 0. The van der Waals surface area contributed by atoms with Gasteiger partial charge in [0.05, 0.1) is 11.3 Å². The minimum Gasteiger partial charge on any atom is -0.326 e. The summed E-state index contributed by atoms with van der Waals surface area (Å²) in [5, 5.41) is 0. The molecule has 74 valence electrons. The molecule has 0 aliphatic carbocycles. The van der Waals surface area contributed by atoms with E-state index in [0.717, 1.165) is 0 Å². The van der Waals surface area contributed by atoms with Crippen LogP contribution >= 0.6 is 11.9 Å². The van der Waals surface area contributed by atoms with E-state index >= 15 is 0 Å². The monoisotopic (exact) mass is 210 g/mol. The fraction of sp³-hybridized carbons (Fsp3) is 0.200. The molecule has 3 N–H and O–H groups in total. The van der Waals surface area contributed by atoms with Crippen molar-refractivity contribution in [2.45, 2.75) is 6.54 Å². The van der Waals surface area contributed by atoms with Gasteiger partial charge in [-0.2, -0.15) is 0 Å². The van der Waals surface area contributed by atoms with Crippen molar-refractivity contribution >= 4 is 17.6 Å². The minimum atomic E-state index is -0.366. The Morgan fingerprint density at radius 2 is 2.36 bits per heavy atom. The number of nitrogens with one attached hydrogen (secondary N) is 1. The number of nitrogens with two attached hydrogens (primary N) is 1. The van der Waals surface area contributed by atoms with Crippen LogP contribution in [-0.4, -0.2) is 6.26 Å². The topological polar surface area (TPSA) is 38.0 Å². The highest BCUT2D eigenvalue weighted by Gasteiger charge is 2.08. The van der Waals surface area contributed by atoms with E-state index in [4.69, 9.17) is 12.2 Å². The summed E-state index contributed by atoms with van der Waals surface area (Å²) in [6, 6.07) is 3.10. The Morgan fingerprint density at radius 1 is 1.64 bits per heavy atom. The Kier molecular flexibility index (Phi) is 3.81. The first-order valence-corrected chi connectivity index (χ1v) is 5.23. The summed E-state index contributed by atoms with van der Waals surface area (Å²) >= 11 is 1.30. The molecule has 1 rings (SSSR count). The van der Waals surface area contributed by atoms with Crippen molar-refractivity contribution in [2.75, 3.05) is 11.0 Å². The van der Waals surface area contributed by atoms with Crippen LogP contribution in [0.1, 0.15) is 11.1 Å². The lowest BCUT2D eigenvalue weighted by molar-refractivity contribution is 0.630. The molecule has 0 amide bonds. The van der Waals surface area contributed by atoms with Crippen LogP contribution < -0.4 is 10.5 Å². The first-order valence-electron chi connectivity index (χ1n) is 4.01. The molecule has 0 spiro atoms. The van der Waals surface area contributed by atoms with Crippen molar-refractivity contribution in [1.82, 2.24) is 0 Å². The molecule has 0 unspecified atom stereocenters. The zero-order valence-corrected chi connectivity index (χ0v) is 8.62. The Bertz CT molecular complexity index is 371. The molecule has 0 aliphatic heterocycles. The molecular weight excluding hydrogens is 199 g/mol. The summed E-state index contributed by atoms with van der Waals surface area (Å²) in [5.74, 6) is 2.06. The van der Waals surface area contributed by atoms with Crippen LogP contribution in [0.4, 0.5) is 10.1 Å². The molecule has 2 nitrogen and oxygen atoms in total. The molecule has 0 fully saturated rings. The first kappa shape index (κ1) is 10.9. The quantitative estimate of drug-likeness (QED) is 0.591. The van der Waals surface area contributed by atoms with Crippen molar-refractivity contribution in [2.24, 2.45) is 5.73 Å². The van der Waals surface area contributed by atoms with Gasteiger partial charge >= 0.3 is 0 Å². The van der Waals surface area contributed by atoms with Crippen molar-refractivity contribution in [1.29, 1.82) is 0 Å². The van der Waals surface area contributed by atoms with Crippen molar-refractivity contribution in [3.05, 3.63) is 29.1 Å². The van der Waals surface area contributed by atoms with Gasteiger partial charge in [0.2, 0.25) is 0 Å². The molecule has 0 bridgehead atoms. The SMILES string of the molecule is C#Cc1cc(CN)cc(F)c1NSC. The fourth-order valence-electron chi connectivity index (χ4n) is 1.10. The Hall–Kier alpha value is -1.18. The van der Waals surface area contributed by atoms with Crippen LogP contribution in [-0.2, 0) is 6.54 Å². The molecule has 1 aromatic rings. The van der Waals surface area contributed by atoms with Gasteiger partial charge in [-0.25, -0.2) is 4.39 Å². The average Bonchev–Trinajstić information content (AvgIpc) is 2.20. The highest BCUT2D eigenvalue weighted by Crippen LogP contribution is 2.23. The molecule has 0 aliphatic rings. The van der Waals surface area contributed by atoms with E-state index in [0.29, 0.717) is 16.8 Å². The molecule has 0 radical (unpaired) electrons. The second-order valence-electron chi connectivity index (χ2n) is 2.65. The van der Waals surface area contributed by atoms with E-state index in [1.807, 2.05) is 0 Å². The minimum absolute atomic E-state index is 0.283. The van der Waals surface area contributed by atoms with Gasteiger partial charge in [-0.3, -0.25) is 0 Å². The van der Waals surface area contributed by atoms with Crippen molar-refractivity contribution in [3.63, 3.8) is 0 Å². The predicted molar refractivity (Wildman–Crippen MR) is 59.4 cm³/mol. The number of anilines is 1. The lowest BCUT2D eigenvalue weighted by Gasteiger charge is -2.08. The molecule has 0 aromatic heterocycles. The van der Waals surface area contributed by atoms with E-state index in [1.165, 1.54) is 18.0 Å². The molecule has 4 heteroatoms. The maximum absolute atomic E-state index is 13.4. The molecule has 14 heavy (non-hydrogen) atoms. The van der Waals surface area contributed by atoms with Gasteiger partial charge in [-0.05, 0) is 17.7 Å². The van der Waals surface area contributed by atoms with Gasteiger partial charge in [0, 0.05) is 12.8 Å². The summed E-state index contributed by atoms with van der Waals surface area (Å²) < 4.78 is 16.2. The Balaban J connectivity index is 3.22. The normalized spacial score (nSPS) is 9.57. The maximum Gasteiger partial charge on any atom is 0.148 e. The summed E-state index contributed by atoms with van der Waals surface area (Å²) in [6.45, 7) is 0.283. The highest BCUT2D eigenvalue weighted by molar-refractivity contribution is 7.99. The van der Waals surface area contributed by atoms with Gasteiger partial charge in [-0.15, -0.1) is 6.42 Å². The second-order valence-corrected chi connectivity index (χ2v) is 3.27. The zero-order chi connectivity index (χ0) is 10.6. The van der Waals surface area contributed by atoms with Crippen molar-refractivity contribution in [3.8, 4) is 12.3 Å². The number of terminal acetylenes is 1. The predicted octanol–water partition coefficient (Wildman–Crippen LogP) is 1.96. The number of hydrogen-bond donors (Lipinski definition) is 2.